The Morgan fingerprint density at radius 3 is 2.48 bits per heavy atom. The molecule has 0 spiro atoms. The first-order valence-corrected chi connectivity index (χ1v) is 7.94. The van der Waals surface area contributed by atoms with Gasteiger partial charge in [0.1, 0.15) is 11.9 Å². The molecule has 2 aromatic carbocycles. The van der Waals surface area contributed by atoms with Gasteiger partial charge in [0.25, 0.3) is 5.91 Å². The van der Waals surface area contributed by atoms with E-state index in [0.29, 0.717) is 29.8 Å². The van der Waals surface area contributed by atoms with E-state index < -0.39 is 12.1 Å². The summed E-state index contributed by atoms with van der Waals surface area (Å²) in [4.78, 5) is 25.8. The first kappa shape index (κ1) is 17.1. The van der Waals surface area contributed by atoms with Gasteiger partial charge < -0.3 is 14.4 Å². The van der Waals surface area contributed by atoms with Crippen molar-refractivity contribution in [3.8, 4) is 0 Å². The molecule has 2 aromatic rings. The number of methoxy groups -OCH3 is 1. The molecule has 1 heterocycles. The van der Waals surface area contributed by atoms with Crippen molar-refractivity contribution in [3.05, 3.63) is 71.0 Å². The highest BCUT2D eigenvalue weighted by Crippen LogP contribution is 2.25. The minimum Gasteiger partial charge on any atom is -0.465 e. The fourth-order valence-corrected chi connectivity index (χ4v) is 2.81. The number of halogens is 1. The van der Waals surface area contributed by atoms with E-state index in [1.54, 1.807) is 47.4 Å². The summed E-state index contributed by atoms with van der Waals surface area (Å²) < 4.78 is 24.2. The van der Waals surface area contributed by atoms with Gasteiger partial charge in [0, 0.05) is 17.7 Å². The van der Waals surface area contributed by atoms with Gasteiger partial charge in [-0.15, -0.1) is 0 Å². The molecule has 6 heteroatoms. The first-order chi connectivity index (χ1) is 12.1. The highest BCUT2D eigenvalue weighted by atomic mass is 19.1. The molecular weight excluding hydrogens is 325 g/mol. The van der Waals surface area contributed by atoms with Crippen LogP contribution >= 0.6 is 0 Å². The highest BCUT2D eigenvalue weighted by molar-refractivity contribution is 5.96. The Morgan fingerprint density at radius 2 is 1.80 bits per heavy atom. The molecular formula is C19H18FNO4. The van der Waals surface area contributed by atoms with Gasteiger partial charge >= 0.3 is 5.97 Å². The smallest absolute Gasteiger partial charge is 0.337 e. The number of hydrogen-bond donors (Lipinski definition) is 0. The SMILES string of the molecule is COC(=O)c1ccc(C(=O)N2CCOC(c3ccccc3F)C2)cc1. The van der Waals surface area contributed by atoms with E-state index in [9.17, 15) is 14.0 Å². The van der Waals surface area contributed by atoms with E-state index in [0.717, 1.165) is 0 Å². The zero-order chi connectivity index (χ0) is 17.8. The number of carbonyl (C=O) groups is 2. The van der Waals surface area contributed by atoms with Crippen LogP contribution in [0.4, 0.5) is 4.39 Å². The molecule has 1 atom stereocenters. The summed E-state index contributed by atoms with van der Waals surface area (Å²) in [6.45, 7) is 1.05. The topological polar surface area (TPSA) is 55.8 Å². The number of benzene rings is 2. The fourth-order valence-electron chi connectivity index (χ4n) is 2.81. The Balaban J connectivity index is 1.74. The molecule has 0 aromatic heterocycles. The van der Waals surface area contributed by atoms with Crippen LogP contribution in [0.5, 0.6) is 0 Å². The number of nitrogens with zero attached hydrogens (tertiary/aromatic N) is 1. The van der Waals surface area contributed by atoms with Gasteiger partial charge in [-0.2, -0.15) is 0 Å². The maximum Gasteiger partial charge on any atom is 0.337 e. The van der Waals surface area contributed by atoms with Crippen LogP contribution in [0.2, 0.25) is 0 Å². The van der Waals surface area contributed by atoms with Gasteiger partial charge in [-0.05, 0) is 30.3 Å². The lowest BCUT2D eigenvalue weighted by molar-refractivity contribution is -0.0243. The summed E-state index contributed by atoms with van der Waals surface area (Å²) in [7, 11) is 1.30. The molecule has 0 radical (unpaired) electrons. The summed E-state index contributed by atoms with van der Waals surface area (Å²) in [6.07, 6.45) is -0.492. The van der Waals surface area contributed by atoms with E-state index in [1.807, 2.05) is 0 Å². The van der Waals surface area contributed by atoms with Crippen molar-refractivity contribution in [3.63, 3.8) is 0 Å². The van der Waals surface area contributed by atoms with Crippen LogP contribution in [-0.4, -0.2) is 43.6 Å². The van der Waals surface area contributed by atoms with Gasteiger partial charge in [0.05, 0.1) is 25.8 Å². The number of morpholine rings is 1. The summed E-state index contributed by atoms with van der Waals surface area (Å²) in [5.74, 6) is -0.977. The van der Waals surface area contributed by atoms with Crippen molar-refractivity contribution < 1.29 is 23.5 Å². The van der Waals surface area contributed by atoms with Crippen molar-refractivity contribution in [1.29, 1.82) is 0 Å². The van der Waals surface area contributed by atoms with Crippen molar-refractivity contribution in [1.82, 2.24) is 4.90 Å². The van der Waals surface area contributed by atoms with Gasteiger partial charge in [-0.1, -0.05) is 18.2 Å². The number of ether oxygens (including phenoxy) is 2. The molecule has 1 amide bonds. The van der Waals surface area contributed by atoms with Crippen LogP contribution < -0.4 is 0 Å². The zero-order valence-electron chi connectivity index (χ0n) is 13.8. The number of carbonyl (C=O) groups excluding carboxylic acids is 2. The quantitative estimate of drug-likeness (QED) is 0.804. The molecule has 1 aliphatic rings. The standard InChI is InChI=1S/C19H18FNO4/c1-24-19(23)14-8-6-13(7-9-14)18(22)21-10-11-25-17(12-21)15-4-2-3-5-16(15)20/h2-9,17H,10-12H2,1H3. The zero-order valence-corrected chi connectivity index (χ0v) is 13.8. The van der Waals surface area contributed by atoms with Crippen LogP contribution in [0.25, 0.3) is 0 Å². The molecule has 1 saturated heterocycles. The number of esters is 1. The summed E-state index contributed by atoms with van der Waals surface area (Å²) in [5.41, 5.74) is 1.29. The molecule has 1 unspecified atom stereocenters. The maximum absolute atomic E-state index is 14.0. The van der Waals surface area contributed by atoms with Crippen molar-refractivity contribution in [2.45, 2.75) is 6.10 Å². The first-order valence-electron chi connectivity index (χ1n) is 7.94. The normalized spacial score (nSPS) is 17.2. The lowest BCUT2D eigenvalue weighted by atomic mass is 10.1. The molecule has 3 rings (SSSR count). The van der Waals surface area contributed by atoms with Crippen LogP contribution in [0.15, 0.2) is 48.5 Å². The van der Waals surface area contributed by atoms with Crippen molar-refractivity contribution in [2.24, 2.45) is 0 Å². The molecule has 130 valence electrons. The molecule has 1 aliphatic heterocycles. The van der Waals surface area contributed by atoms with E-state index in [-0.39, 0.29) is 18.3 Å². The van der Waals surface area contributed by atoms with Gasteiger partial charge in [-0.3, -0.25) is 4.79 Å². The van der Waals surface area contributed by atoms with Gasteiger partial charge in [0.2, 0.25) is 0 Å². The molecule has 1 fully saturated rings. The second-order valence-corrected chi connectivity index (χ2v) is 5.70. The number of amides is 1. The molecule has 0 saturated carbocycles. The molecule has 0 bridgehead atoms. The lowest BCUT2D eigenvalue weighted by Gasteiger charge is -2.33. The molecule has 0 N–H and O–H groups in total. The van der Waals surface area contributed by atoms with Crippen molar-refractivity contribution in [2.75, 3.05) is 26.8 Å². The maximum atomic E-state index is 14.0. The van der Waals surface area contributed by atoms with Gasteiger partial charge in [-0.25, -0.2) is 9.18 Å². The number of hydrogen-bond acceptors (Lipinski definition) is 4. The van der Waals surface area contributed by atoms with Crippen LogP contribution in [-0.2, 0) is 9.47 Å². The predicted octanol–water partition coefficient (Wildman–Crippen LogP) is 2.83. The third kappa shape index (κ3) is 3.69. The van der Waals surface area contributed by atoms with E-state index in [1.165, 1.54) is 13.2 Å². The van der Waals surface area contributed by atoms with Crippen LogP contribution in [0.3, 0.4) is 0 Å². The Hall–Kier alpha value is -2.73. The second-order valence-electron chi connectivity index (χ2n) is 5.70. The Morgan fingerprint density at radius 1 is 1.12 bits per heavy atom. The minimum atomic E-state index is -0.492. The lowest BCUT2D eigenvalue weighted by Crippen LogP contribution is -2.42. The predicted molar refractivity (Wildman–Crippen MR) is 88.8 cm³/mol. The highest BCUT2D eigenvalue weighted by Gasteiger charge is 2.27. The monoisotopic (exact) mass is 343 g/mol. The Bertz CT molecular complexity index is 775. The molecule has 25 heavy (non-hydrogen) atoms. The Kier molecular flexibility index (Phi) is 5.09. The largest absolute Gasteiger partial charge is 0.465 e. The number of rotatable bonds is 3. The molecule has 5 nitrogen and oxygen atoms in total. The summed E-state index contributed by atoms with van der Waals surface area (Å²) in [6, 6.07) is 12.7. The average molecular weight is 343 g/mol. The van der Waals surface area contributed by atoms with E-state index >= 15 is 0 Å². The second kappa shape index (κ2) is 7.44. The fraction of sp³-hybridized carbons (Fsp3) is 0.263. The van der Waals surface area contributed by atoms with Crippen LogP contribution in [0.1, 0.15) is 32.4 Å². The molecule has 0 aliphatic carbocycles. The van der Waals surface area contributed by atoms with Gasteiger partial charge in [0.15, 0.2) is 0 Å². The summed E-state index contributed by atoms with van der Waals surface area (Å²) >= 11 is 0. The third-order valence-corrected chi connectivity index (χ3v) is 4.16. The van der Waals surface area contributed by atoms with Crippen molar-refractivity contribution >= 4 is 11.9 Å². The summed E-state index contributed by atoms with van der Waals surface area (Å²) in [5, 5.41) is 0. The average Bonchev–Trinajstić information content (AvgIpc) is 2.67. The Labute approximate surface area is 145 Å². The van der Waals surface area contributed by atoms with Crippen LogP contribution in [0, 0.1) is 5.82 Å². The van der Waals surface area contributed by atoms with E-state index in [2.05, 4.69) is 4.74 Å². The minimum absolute atomic E-state index is 0.180. The van der Waals surface area contributed by atoms with E-state index in [4.69, 9.17) is 4.74 Å². The third-order valence-electron chi connectivity index (χ3n) is 4.16.